The van der Waals surface area contributed by atoms with Gasteiger partial charge in [0.25, 0.3) is 0 Å². The van der Waals surface area contributed by atoms with Gasteiger partial charge in [0, 0.05) is 6.07 Å². The normalized spacial score (nSPS) is 11.9. The molecule has 0 heterocycles. The standard InChI is InChI=1S/C9H5Cl4NO/c10-5(3-14)4-15-9-2-7(12)6(11)1-8(9)13/h1-2,5H,4H2. The Hall–Kier alpha value is -0.330. The van der Waals surface area contributed by atoms with Gasteiger partial charge < -0.3 is 4.74 Å². The van der Waals surface area contributed by atoms with Crippen LogP contribution in [0, 0.1) is 11.3 Å². The zero-order chi connectivity index (χ0) is 11.4. The predicted octanol–water partition coefficient (Wildman–Crippen LogP) is 4.16. The SMILES string of the molecule is N#CC(Cl)COc1cc(Cl)c(Cl)cc1Cl. The Kier molecular flexibility index (Phi) is 4.82. The van der Waals surface area contributed by atoms with E-state index in [4.69, 9.17) is 56.4 Å². The van der Waals surface area contributed by atoms with Crippen LogP contribution in [0.1, 0.15) is 0 Å². The quantitative estimate of drug-likeness (QED) is 0.617. The summed E-state index contributed by atoms with van der Waals surface area (Å²) in [6.45, 7) is 0.0374. The van der Waals surface area contributed by atoms with Crippen molar-refractivity contribution in [2.45, 2.75) is 5.38 Å². The topological polar surface area (TPSA) is 33.0 Å². The van der Waals surface area contributed by atoms with Crippen molar-refractivity contribution in [3.8, 4) is 11.8 Å². The largest absolute Gasteiger partial charge is 0.489 e. The van der Waals surface area contributed by atoms with Crippen molar-refractivity contribution in [1.29, 1.82) is 5.26 Å². The first kappa shape index (κ1) is 12.7. The molecule has 1 unspecified atom stereocenters. The van der Waals surface area contributed by atoms with Gasteiger partial charge >= 0.3 is 0 Å². The van der Waals surface area contributed by atoms with E-state index in [9.17, 15) is 0 Å². The molecule has 6 heteroatoms. The van der Waals surface area contributed by atoms with Crippen LogP contribution in [0.5, 0.6) is 5.75 Å². The molecule has 0 saturated heterocycles. The maximum absolute atomic E-state index is 8.44. The fourth-order valence-electron chi connectivity index (χ4n) is 0.815. The van der Waals surface area contributed by atoms with Gasteiger partial charge in [-0.3, -0.25) is 0 Å². The van der Waals surface area contributed by atoms with Crippen molar-refractivity contribution in [1.82, 2.24) is 0 Å². The first-order chi connectivity index (χ1) is 7.04. The fraction of sp³-hybridized carbons (Fsp3) is 0.222. The highest BCUT2D eigenvalue weighted by Crippen LogP contribution is 2.33. The van der Waals surface area contributed by atoms with Crippen molar-refractivity contribution in [3.05, 3.63) is 27.2 Å². The van der Waals surface area contributed by atoms with Gasteiger partial charge in [0.2, 0.25) is 0 Å². The molecule has 0 radical (unpaired) electrons. The summed E-state index contributed by atoms with van der Waals surface area (Å²) in [5.41, 5.74) is 0. The number of nitriles is 1. The smallest absolute Gasteiger partial charge is 0.154 e. The molecule has 0 bridgehead atoms. The third kappa shape index (κ3) is 3.62. The molecule has 0 aliphatic rings. The summed E-state index contributed by atoms with van der Waals surface area (Å²) in [6, 6.07) is 4.77. The first-order valence-electron chi connectivity index (χ1n) is 3.85. The molecule has 0 aliphatic carbocycles. The number of nitrogens with zero attached hydrogens (tertiary/aromatic N) is 1. The Labute approximate surface area is 107 Å². The number of benzene rings is 1. The van der Waals surface area contributed by atoms with E-state index in [0.717, 1.165) is 0 Å². The molecular formula is C9H5Cl4NO. The van der Waals surface area contributed by atoms with Gasteiger partial charge in [-0.25, -0.2) is 0 Å². The molecule has 1 aromatic rings. The predicted molar refractivity (Wildman–Crippen MR) is 62.2 cm³/mol. The minimum Gasteiger partial charge on any atom is -0.489 e. The van der Waals surface area contributed by atoms with Crippen molar-refractivity contribution < 1.29 is 4.74 Å². The summed E-state index contributed by atoms with van der Waals surface area (Å²) in [5.74, 6) is 0.354. The highest BCUT2D eigenvalue weighted by Gasteiger charge is 2.09. The van der Waals surface area contributed by atoms with Gasteiger partial charge in [-0.2, -0.15) is 5.26 Å². The van der Waals surface area contributed by atoms with Gasteiger partial charge in [-0.15, -0.1) is 11.6 Å². The zero-order valence-corrected chi connectivity index (χ0v) is 10.3. The molecule has 0 N–H and O–H groups in total. The van der Waals surface area contributed by atoms with E-state index in [-0.39, 0.29) is 6.61 Å². The Bertz CT molecular complexity index is 402. The van der Waals surface area contributed by atoms with Crippen molar-refractivity contribution >= 4 is 46.4 Å². The van der Waals surface area contributed by atoms with E-state index in [2.05, 4.69) is 0 Å². The minimum absolute atomic E-state index is 0.0374. The van der Waals surface area contributed by atoms with Crippen LogP contribution in [0.4, 0.5) is 0 Å². The van der Waals surface area contributed by atoms with Crippen LogP contribution in [-0.4, -0.2) is 12.0 Å². The second-order valence-corrected chi connectivity index (χ2v) is 4.35. The van der Waals surface area contributed by atoms with E-state index >= 15 is 0 Å². The second-order valence-electron chi connectivity index (χ2n) is 2.60. The molecule has 0 fully saturated rings. The lowest BCUT2D eigenvalue weighted by Crippen LogP contribution is -2.09. The molecule has 0 aromatic heterocycles. The minimum atomic E-state index is -0.726. The van der Waals surface area contributed by atoms with E-state index in [1.54, 1.807) is 0 Å². The van der Waals surface area contributed by atoms with Gasteiger partial charge in [-0.1, -0.05) is 34.8 Å². The first-order valence-corrected chi connectivity index (χ1v) is 5.42. The molecular weight excluding hydrogens is 280 g/mol. The molecule has 1 rings (SSSR count). The third-order valence-electron chi connectivity index (χ3n) is 1.50. The van der Waals surface area contributed by atoms with Gasteiger partial charge in [0.1, 0.15) is 12.4 Å². The Balaban J connectivity index is 2.78. The molecule has 0 aliphatic heterocycles. The maximum Gasteiger partial charge on any atom is 0.154 e. The number of hydrogen-bond acceptors (Lipinski definition) is 2. The molecule has 2 nitrogen and oxygen atoms in total. The summed E-state index contributed by atoms with van der Waals surface area (Å²) < 4.78 is 5.20. The molecule has 80 valence electrons. The van der Waals surface area contributed by atoms with Gasteiger partial charge in [0.05, 0.1) is 21.1 Å². The van der Waals surface area contributed by atoms with Crippen LogP contribution in [0.2, 0.25) is 15.1 Å². The van der Waals surface area contributed by atoms with E-state index < -0.39 is 5.38 Å². The molecule has 1 atom stereocenters. The van der Waals surface area contributed by atoms with Crippen LogP contribution in [-0.2, 0) is 0 Å². The van der Waals surface area contributed by atoms with Crippen LogP contribution < -0.4 is 4.74 Å². The number of alkyl halides is 1. The molecule has 0 amide bonds. The lowest BCUT2D eigenvalue weighted by atomic mass is 10.3. The molecule has 1 aromatic carbocycles. The van der Waals surface area contributed by atoms with Crippen LogP contribution in [0.15, 0.2) is 12.1 Å². The summed E-state index contributed by atoms with van der Waals surface area (Å²) in [5, 5.41) is 8.71. The maximum atomic E-state index is 8.44. The summed E-state index contributed by atoms with van der Waals surface area (Å²) in [4.78, 5) is 0. The average Bonchev–Trinajstić information content (AvgIpc) is 2.21. The molecule has 0 saturated carbocycles. The van der Waals surface area contributed by atoms with E-state index in [0.29, 0.717) is 20.8 Å². The third-order valence-corrected chi connectivity index (χ3v) is 2.74. The van der Waals surface area contributed by atoms with E-state index in [1.165, 1.54) is 12.1 Å². The summed E-state index contributed by atoms with van der Waals surface area (Å²) in [7, 11) is 0. The highest BCUT2D eigenvalue weighted by molar-refractivity contribution is 6.43. The summed E-state index contributed by atoms with van der Waals surface area (Å²) in [6.07, 6.45) is 0. The van der Waals surface area contributed by atoms with Crippen molar-refractivity contribution in [2.24, 2.45) is 0 Å². The lowest BCUT2D eigenvalue weighted by Gasteiger charge is -2.09. The van der Waals surface area contributed by atoms with E-state index in [1.807, 2.05) is 6.07 Å². The Morgan fingerprint density at radius 2 is 1.80 bits per heavy atom. The average molecular weight is 285 g/mol. The lowest BCUT2D eigenvalue weighted by molar-refractivity contribution is 0.329. The van der Waals surface area contributed by atoms with Crippen molar-refractivity contribution in [2.75, 3.05) is 6.61 Å². The fourth-order valence-corrected chi connectivity index (χ4v) is 1.47. The number of hydrogen-bond donors (Lipinski definition) is 0. The van der Waals surface area contributed by atoms with Gasteiger partial charge in [-0.05, 0) is 6.07 Å². The highest BCUT2D eigenvalue weighted by atomic mass is 35.5. The number of ether oxygens (including phenoxy) is 1. The van der Waals surface area contributed by atoms with Crippen LogP contribution in [0.25, 0.3) is 0 Å². The Morgan fingerprint density at radius 3 is 2.40 bits per heavy atom. The molecule has 0 spiro atoms. The summed E-state index contributed by atoms with van der Waals surface area (Å²) >= 11 is 22.9. The molecule has 15 heavy (non-hydrogen) atoms. The van der Waals surface area contributed by atoms with Crippen LogP contribution >= 0.6 is 46.4 Å². The number of rotatable bonds is 3. The van der Waals surface area contributed by atoms with Crippen molar-refractivity contribution in [3.63, 3.8) is 0 Å². The van der Waals surface area contributed by atoms with Gasteiger partial charge in [0.15, 0.2) is 5.38 Å². The zero-order valence-electron chi connectivity index (χ0n) is 7.31. The number of halogens is 4. The Morgan fingerprint density at radius 1 is 1.20 bits per heavy atom. The van der Waals surface area contributed by atoms with Crippen LogP contribution in [0.3, 0.4) is 0 Å². The second kappa shape index (κ2) is 5.67. The monoisotopic (exact) mass is 283 g/mol.